The van der Waals surface area contributed by atoms with Gasteiger partial charge < -0.3 is 10.5 Å². The standard InChI is InChI=1S/C16H19NOS/c1-11-8-13(10-19-11)16(17)7-3-4-12-5-6-14(18-2)9-15(12)16/h5-6,8-10H,3-4,7,17H2,1-2H3. The molecule has 19 heavy (non-hydrogen) atoms. The fraction of sp³-hybridized carbons (Fsp3) is 0.375. The lowest BCUT2D eigenvalue weighted by Crippen LogP contribution is -2.40. The van der Waals surface area contributed by atoms with Crippen molar-refractivity contribution in [1.82, 2.24) is 0 Å². The van der Waals surface area contributed by atoms with Crippen molar-refractivity contribution in [2.75, 3.05) is 7.11 Å². The molecule has 0 aliphatic heterocycles. The molecule has 2 N–H and O–H groups in total. The van der Waals surface area contributed by atoms with E-state index in [9.17, 15) is 0 Å². The van der Waals surface area contributed by atoms with Crippen LogP contribution in [-0.2, 0) is 12.0 Å². The summed E-state index contributed by atoms with van der Waals surface area (Å²) in [6.07, 6.45) is 3.26. The number of rotatable bonds is 2. The van der Waals surface area contributed by atoms with Gasteiger partial charge in [0.25, 0.3) is 0 Å². The van der Waals surface area contributed by atoms with Crippen LogP contribution < -0.4 is 10.5 Å². The maximum atomic E-state index is 6.78. The van der Waals surface area contributed by atoms with Crippen LogP contribution in [-0.4, -0.2) is 7.11 Å². The van der Waals surface area contributed by atoms with Crippen LogP contribution in [0.4, 0.5) is 0 Å². The third-order valence-electron chi connectivity index (χ3n) is 4.06. The first-order chi connectivity index (χ1) is 9.13. The normalized spacial score (nSPS) is 22.1. The molecule has 0 fully saturated rings. The number of benzene rings is 1. The zero-order valence-corrected chi connectivity index (χ0v) is 12.2. The van der Waals surface area contributed by atoms with Gasteiger partial charge in [0.1, 0.15) is 5.75 Å². The van der Waals surface area contributed by atoms with E-state index in [-0.39, 0.29) is 5.54 Å². The van der Waals surface area contributed by atoms with Crippen LogP contribution in [0.15, 0.2) is 29.6 Å². The average molecular weight is 273 g/mol. The molecular formula is C16H19NOS. The Kier molecular flexibility index (Phi) is 3.11. The van der Waals surface area contributed by atoms with Crippen molar-refractivity contribution in [1.29, 1.82) is 0 Å². The summed E-state index contributed by atoms with van der Waals surface area (Å²) >= 11 is 1.77. The second kappa shape index (κ2) is 4.66. The van der Waals surface area contributed by atoms with E-state index in [1.807, 2.05) is 6.07 Å². The molecule has 0 saturated carbocycles. The number of thiophene rings is 1. The van der Waals surface area contributed by atoms with Gasteiger partial charge in [-0.1, -0.05) is 6.07 Å². The second-order valence-corrected chi connectivity index (χ2v) is 6.41. The largest absolute Gasteiger partial charge is 0.497 e. The molecule has 3 heteroatoms. The summed E-state index contributed by atoms with van der Waals surface area (Å²) < 4.78 is 5.36. The summed E-state index contributed by atoms with van der Waals surface area (Å²) in [5, 5.41) is 2.20. The maximum Gasteiger partial charge on any atom is 0.119 e. The molecule has 0 spiro atoms. The molecule has 1 heterocycles. The quantitative estimate of drug-likeness (QED) is 0.907. The van der Waals surface area contributed by atoms with Crippen molar-refractivity contribution in [2.24, 2.45) is 5.73 Å². The number of hydrogen-bond donors (Lipinski definition) is 1. The van der Waals surface area contributed by atoms with Crippen molar-refractivity contribution in [3.8, 4) is 5.75 Å². The first-order valence-electron chi connectivity index (χ1n) is 6.65. The average Bonchev–Trinajstić information content (AvgIpc) is 2.86. The summed E-state index contributed by atoms with van der Waals surface area (Å²) in [5.41, 5.74) is 10.3. The zero-order valence-electron chi connectivity index (χ0n) is 11.4. The highest BCUT2D eigenvalue weighted by Gasteiger charge is 2.35. The predicted molar refractivity (Wildman–Crippen MR) is 80.0 cm³/mol. The summed E-state index contributed by atoms with van der Waals surface area (Å²) in [4.78, 5) is 1.31. The maximum absolute atomic E-state index is 6.78. The molecule has 0 saturated heterocycles. The lowest BCUT2D eigenvalue weighted by atomic mass is 9.74. The van der Waals surface area contributed by atoms with Gasteiger partial charge in [-0.15, -0.1) is 11.3 Å². The molecule has 3 rings (SSSR count). The molecule has 1 aromatic carbocycles. The summed E-state index contributed by atoms with van der Waals surface area (Å²) in [7, 11) is 1.71. The molecule has 0 radical (unpaired) electrons. The van der Waals surface area contributed by atoms with Gasteiger partial charge in [0.15, 0.2) is 0 Å². The zero-order chi connectivity index (χ0) is 13.5. The lowest BCUT2D eigenvalue weighted by Gasteiger charge is -2.35. The molecular weight excluding hydrogens is 254 g/mol. The molecule has 1 atom stereocenters. The van der Waals surface area contributed by atoms with Gasteiger partial charge in [-0.2, -0.15) is 0 Å². The van der Waals surface area contributed by atoms with E-state index in [4.69, 9.17) is 10.5 Å². The molecule has 100 valence electrons. The summed E-state index contributed by atoms with van der Waals surface area (Å²) in [6.45, 7) is 2.13. The van der Waals surface area contributed by atoms with Crippen molar-refractivity contribution in [3.05, 3.63) is 51.2 Å². The Balaban J connectivity index is 2.15. The van der Waals surface area contributed by atoms with E-state index in [1.54, 1.807) is 18.4 Å². The van der Waals surface area contributed by atoms with E-state index in [2.05, 4.69) is 30.5 Å². The molecule has 1 aliphatic carbocycles. The Hall–Kier alpha value is -1.32. The van der Waals surface area contributed by atoms with Gasteiger partial charge in [0.2, 0.25) is 0 Å². The summed E-state index contributed by atoms with van der Waals surface area (Å²) in [5.74, 6) is 0.891. The SMILES string of the molecule is COc1ccc2c(c1)C(N)(c1csc(C)c1)CCC2. The van der Waals surface area contributed by atoms with Crippen LogP contribution in [0.5, 0.6) is 5.75 Å². The second-order valence-electron chi connectivity index (χ2n) is 5.29. The smallest absolute Gasteiger partial charge is 0.119 e. The number of fused-ring (bicyclic) bond motifs is 1. The summed E-state index contributed by atoms with van der Waals surface area (Å²) in [6, 6.07) is 8.53. The monoisotopic (exact) mass is 273 g/mol. The molecule has 2 aromatic rings. The molecule has 1 aliphatic rings. The Morgan fingerprint density at radius 3 is 2.84 bits per heavy atom. The van der Waals surface area contributed by atoms with Gasteiger partial charge in [-0.05, 0) is 66.5 Å². The van der Waals surface area contributed by atoms with Crippen molar-refractivity contribution in [2.45, 2.75) is 31.7 Å². The van der Waals surface area contributed by atoms with E-state index in [0.717, 1.165) is 25.0 Å². The minimum absolute atomic E-state index is 0.354. The van der Waals surface area contributed by atoms with E-state index in [0.29, 0.717) is 0 Å². The highest BCUT2D eigenvalue weighted by molar-refractivity contribution is 7.10. The Labute approximate surface area is 118 Å². The van der Waals surface area contributed by atoms with Gasteiger partial charge >= 0.3 is 0 Å². The first kappa shape index (κ1) is 12.7. The van der Waals surface area contributed by atoms with E-state index in [1.165, 1.54) is 21.6 Å². The van der Waals surface area contributed by atoms with Crippen LogP contribution in [0, 0.1) is 6.92 Å². The molecule has 1 aromatic heterocycles. The minimum Gasteiger partial charge on any atom is -0.497 e. The highest BCUT2D eigenvalue weighted by atomic mass is 32.1. The fourth-order valence-electron chi connectivity index (χ4n) is 2.99. The Bertz CT molecular complexity index is 605. The number of methoxy groups -OCH3 is 1. The molecule has 1 unspecified atom stereocenters. The fourth-order valence-corrected chi connectivity index (χ4v) is 3.77. The van der Waals surface area contributed by atoms with Gasteiger partial charge in [-0.25, -0.2) is 0 Å². The highest BCUT2D eigenvalue weighted by Crippen LogP contribution is 2.41. The number of ether oxygens (including phenoxy) is 1. The lowest BCUT2D eigenvalue weighted by molar-refractivity contribution is 0.405. The number of aryl methyl sites for hydroxylation is 2. The topological polar surface area (TPSA) is 35.2 Å². The van der Waals surface area contributed by atoms with E-state index >= 15 is 0 Å². The van der Waals surface area contributed by atoms with Crippen molar-refractivity contribution < 1.29 is 4.74 Å². The molecule has 0 amide bonds. The Morgan fingerprint density at radius 2 is 2.16 bits per heavy atom. The molecule has 0 bridgehead atoms. The molecule has 2 nitrogen and oxygen atoms in total. The van der Waals surface area contributed by atoms with Crippen LogP contribution in [0.3, 0.4) is 0 Å². The van der Waals surface area contributed by atoms with E-state index < -0.39 is 0 Å². The number of nitrogens with two attached hydrogens (primary N) is 1. The first-order valence-corrected chi connectivity index (χ1v) is 7.53. The van der Waals surface area contributed by atoms with Gasteiger partial charge in [0.05, 0.1) is 12.6 Å². The van der Waals surface area contributed by atoms with Crippen LogP contribution >= 0.6 is 11.3 Å². The number of hydrogen-bond acceptors (Lipinski definition) is 3. The van der Waals surface area contributed by atoms with Crippen LogP contribution in [0.2, 0.25) is 0 Å². The van der Waals surface area contributed by atoms with Gasteiger partial charge in [0, 0.05) is 4.88 Å². The van der Waals surface area contributed by atoms with Crippen LogP contribution in [0.1, 0.15) is 34.4 Å². The minimum atomic E-state index is -0.354. The van der Waals surface area contributed by atoms with Crippen molar-refractivity contribution in [3.63, 3.8) is 0 Å². The predicted octanol–water partition coefficient (Wildman–Crippen LogP) is 3.60. The van der Waals surface area contributed by atoms with Crippen LogP contribution in [0.25, 0.3) is 0 Å². The third-order valence-corrected chi connectivity index (χ3v) is 4.92. The van der Waals surface area contributed by atoms with Gasteiger partial charge in [-0.3, -0.25) is 0 Å². The Morgan fingerprint density at radius 1 is 1.32 bits per heavy atom. The van der Waals surface area contributed by atoms with Crippen molar-refractivity contribution >= 4 is 11.3 Å². The third kappa shape index (κ3) is 2.07.